The Balaban J connectivity index is 1.80. The van der Waals surface area contributed by atoms with Crippen molar-refractivity contribution in [3.8, 4) is 0 Å². The van der Waals surface area contributed by atoms with Gasteiger partial charge in [-0.25, -0.2) is 0 Å². The first-order chi connectivity index (χ1) is 13.5. The van der Waals surface area contributed by atoms with Crippen molar-refractivity contribution in [1.82, 2.24) is 0 Å². The summed E-state index contributed by atoms with van der Waals surface area (Å²) in [7, 11) is 1.78. The number of hydrogen-bond acceptors (Lipinski definition) is 4. The van der Waals surface area contributed by atoms with Crippen LogP contribution in [0.15, 0.2) is 18.2 Å². The second kappa shape index (κ2) is 5.52. The minimum atomic E-state index is -0.742. The van der Waals surface area contributed by atoms with Crippen LogP contribution in [-0.4, -0.2) is 29.9 Å². The quantitative estimate of drug-likeness (QED) is 0.688. The number of ether oxygens (including phenoxy) is 3. The van der Waals surface area contributed by atoms with E-state index in [4.69, 9.17) is 14.2 Å². The second-order valence-corrected chi connectivity index (χ2v) is 10.7. The fourth-order valence-corrected chi connectivity index (χ4v) is 7.39. The van der Waals surface area contributed by atoms with E-state index < -0.39 is 22.4 Å². The Morgan fingerprint density at radius 1 is 1.10 bits per heavy atom. The number of rotatable bonds is 1. The highest BCUT2D eigenvalue weighted by Gasteiger charge is 2.81. The van der Waals surface area contributed by atoms with Crippen LogP contribution in [0.5, 0.6) is 0 Å². The molecule has 2 aliphatic carbocycles. The van der Waals surface area contributed by atoms with Crippen LogP contribution in [0.1, 0.15) is 70.6 Å². The molecule has 2 aliphatic heterocycles. The Bertz CT molecular complexity index is 906. The topological polar surface area (TPSA) is 44.8 Å². The molecule has 2 saturated heterocycles. The SMILES string of the molecule is COC12CCC3(OC4(CC(C)C(C)(C)O4)C1C)c1cccc(C)c1CC(=O)C32C. The molecule has 0 amide bonds. The molecule has 4 aliphatic rings. The van der Waals surface area contributed by atoms with Crippen LogP contribution in [-0.2, 0) is 31.0 Å². The van der Waals surface area contributed by atoms with Crippen molar-refractivity contribution in [3.63, 3.8) is 0 Å². The van der Waals surface area contributed by atoms with Crippen molar-refractivity contribution < 1.29 is 19.0 Å². The van der Waals surface area contributed by atoms with E-state index in [1.54, 1.807) is 7.11 Å². The molecule has 3 fully saturated rings. The van der Waals surface area contributed by atoms with E-state index >= 15 is 0 Å². The maximum absolute atomic E-state index is 13.8. The molecule has 2 heterocycles. The Kier molecular flexibility index (Phi) is 3.75. The third-order valence-corrected chi connectivity index (χ3v) is 9.53. The van der Waals surface area contributed by atoms with E-state index in [2.05, 4.69) is 59.7 Å². The number of carbonyl (C=O) groups excluding carboxylic acids is 1. The largest absolute Gasteiger partial charge is 0.377 e. The highest BCUT2D eigenvalue weighted by Crippen LogP contribution is 2.74. The lowest BCUT2D eigenvalue weighted by Crippen LogP contribution is -2.73. The standard InChI is InChI=1S/C25H34O4/c1-15-9-8-10-19-18(15)13-20(26)22(6)23(27-7)11-12-24(19,22)29-25(17(23)3)14-16(2)21(4,5)28-25/h8-10,16-17H,11-14H2,1-7H3. The van der Waals surface area contributed by atoms with Gasteiger partial charge in [0, 0.05) is 25.9 Å². The summed E-state index contributed by atoms with van der Waals surface area (Å²) in [5.41, 5.74) is 1.18. The monoisotopic (exact) mass is 398 g/mol. The van der Waals surface area contributed by atoms with Gasteiger partial charge in [-0.05, 0) is 63.1 Å². The average Bonchev–Trinajstić information content (AvgIpc) is 3.01. The fourth-order valence-electron chi connectivity index (χ4n) is 7.39. The van der Waals surface area contributed by atoms with Gasteiger partial charge in [-0.15, -0.1) is 0 Å². The molecule has 0 radical (unpaired) electrons. The molecule has 1 saturated carbocycles. The third-order valence-electron chi connectivity index (χ3n) is 9.53. The molecule has 1 aromatic rings. The van der Waals surface area contributed by atoms with E-state index in [-0.39, 0.29) is 17.3 Å². The van der Waals surface area contributed by atoms with Gasteiger partial charge in [0.1, 0.15) is 11.4 Å². The van der Waals surface area contributed by atoms with Crippen molar-refractivity contribution in [2.75, 3.05) is 7.11 Å². The molecule has 29 heavy (non-hydrogen) atoms. The van der Waals surface area contributed by atoms with Crippen molar-refractivity contribution in [2.45, 2.75) is 89.8 Å². The first-order valence-electron chi connectivity index (χ1n) is 11.1. The van der Waals surface area contributed by atoms with Crippen molar-refractivity contribution >= 4 is 5.78 Å². The predicted molar refractivity (Wildman–Crippen MR) is 111 cm³/mol. The number of benzene rings is 1. The summed E-state index contributed by atoms with van der Waals surface area (Å²) in [6.45, 7) is 12.9. The maximum atomic E-state index is 13.8. The molecule has 5 rings (SSSR count). The minimum Gasteiger partial charge on any atom is -0.377 e. The van der Waals surface area contributed by atoms with Gasteiger partial charge in [0.2, 0.25) is 0 Å². The molecule has 4 nitrogen and oxygen atoms in total. The van der Waals surface area contributed by atoms with E-state index in [1.807, 2.05) is 0 Å². The molecule has 2 bridgehead atoms. The molecule has 1 aromatic carbocycles. The lowest BCUT2D eigenvalue weighted by Gasteiger charge is -2.63. The average molecular weight is 399 g/mol. The summed E-state index contributed by atoms with van der Waals surface area (Å²) in [6, 6.07) is 6.37. The van der Waals surface area contributed by atoms with Gasteiger partial charge in [0.25, 0.3) is 0 Å². The van der Waals surface area contributed by atoms with Gasteiger partial charge in [-0.1, -0.05) is 32.0 Å². The Morgan fingerprint density at radius 2 is 1.83 bits per heavy atom. The Labute approximate surface area is 174 Å². The summed E-state index contributed by atoms with van der Waals surface area (Å²) < 4.78 is 20.3. The summed E-state index contributed by atoms with van der Waals surface area (Å²) >= 11 is 0. The zero-order valence-corrected chi connectivity index (χ0v) is 18.8. The van der Waals surface area contributed by atoms with Crippen LogP contribution in [0.2, 0.25) is 0 Å². The predicted octanol–water partition coefficient (Wildman–Crippen LogP) is 4.70. The number of carbonyl (C=O) groups is 1. The smallest absolute Gasteiger partial charge is 0.175 e. The summed E-state index contributed by atoms with van der Waals surface area (Å²) in [5, 5.41) is 0. The highest BCUT2D eigenvalue weighted by atomic mass is 16.7. The lowest BCUT2D eigenvalue weighted by atomic mass is 9.52. The molecule has 0 N–H and O–H groups in total. The highest BCUT2D eigenvalue weighted by molar-refractivity contribution is 5.93. The van der Waals surface area contributed by atoms with Crippen LogP contribution >= 0.6 is 0 Å². The van der Waals surface area contributed by atoms with Crippen LogP contribution in [0, 0.1) is 24.2 Å². The molecular weight excluding hydrogens is 364 g/mol. The summed E-state index contributed by atoms with van der Waals surface area (Å²) in [4.78, 5) is 13.8. The normalized spacial score (nSPS) is 47.3. The zero-order valence-electron chi connectivity index (χ0n) is 18.8. The van der Waals surface area contributed by atoms with Gasteiger partial charge in [0.05, 0.1) is 16.6 Å². The Hall–Kier alpha value is -1.23. The minimum absolute atomic E-state index is 0.0415. The van der Waals surface area contributed by atoms with Crippen LogP contribution in [0.3, 0.4) is 0 Å². The van der Waals surface area contributed by atoms with Gasteiger partial charge < -0.3 is 14.2 Å². The Morgan fingerprint density at radius 3 is 2.45 bits per heavy atom. The summed E-state index contributed by atoms with van der Waals surface area (Å²) in [6.07, 6.45) is 2.86. The molecular formula is C25H34O4. The van der Waals surface area contributed by atoms with Gasteiger partial charge in [-0.2, -0.15) is 0 Å². The third kappa shape index (κ3) is 1.95. The van der Waals surface area contributed by atoms with Crippen LogP contribution < -0.4 is 0 Å². The molecule has 4 heteroatoms. The van der Waals surface area contributed by atoms with Gasteiger partial charge >= 0.3 is 0 Å². The first kappa shape index (κ1) is 19.7. The van der Waals surface area contributed by atoms with E-state index in [0.717, 1.165) is 24.8 Å². The fraction of sp³-hybridized carbons (Fsp3) is 0.720. The zero-order chi connectivity index (χ0) is 21.0. The van der Waals surface area contributed by atoms with Gasteiger partial charge in [-0.3, -0.25) is 4.79 Å². The number of Topliss-reactive ketones (excluding diaryl/α,β-unsaturated/α-hetero) is 1. The molecule has 1 spiro atoms. The molecule has 6 atom stereocenters. The second-order valence-electron chi connectivity index (χ2n) is 10.7. The van der Waals surface area contributed by atoms with Crippen LogP contribution in [0.4, 0.5) is 0 Å². The number of aryl methyl sites for hydroxylation is 1. The summed E-state index contributed by atoms with van der Waals surface area (Å²) in [5.74, 6) is -0.186. The van der Waals surface area contributed by atoms with E-state index in [9.17, 15) is 4.79 Å². The molecule has 6 unspecified atom stereocenters. The number of methoxy groups -OCH3 is 1. The van der Waals surface area contributed by atoms with Crippen LogP contribution in [0.25, 0.3) is 0 Å². The first-order valence-corrected chi connectivity index (χ1v) is 11.1. The van der Waals surface area contributed by atoms with Crippen molar-refractivity contribution in [2.24, 2.45) is 17.3 Å². The maximum Gasteiger partial charge on any atom is 0.175 e. The van der Waals surface area contributed by atoms with Gasteiger partial charge in [0.15, 0.2) is 5.79 Å². The number of fused-ring (bicyclic) bond motifs is 1. The van der Waals surface area contributed by atoms with E-state index in [1.165, 1.54) is 11.1 Å². The van der Waals surface area contributed by atoms with Crippen molar-refractivity contribution in [3.05, 3.63) is 34.9 Å². The molecule has 158 valence electrons. The van der Waals surface area contributed by atoms with E-state index in [0.29, 0.717) is 12.3 Å². The number of ketones is 1. The lowest BCUT2D eigenvalue weighted by molar-refractivity contribution is -0.393. The molecule has 0 aromatic heterocycles. The van der Waals surface area contributed by atoms with Crippen molar-refractivity contribution in [1.29, 1.82) is 0 Å². The number of hydrogen-bond donors (Lipinski definition) is 0.